The molecule has 1 aliphatic rings. The van der Waals surface area contributed by atoms with Crippen LogP contribution in [0.15, 0.2) is 48.7 Å². The smallest absolute Gasteiger partial charge is 0.368 e. The van der Waals surface area contributed by atoms with E-state index in [0.717, 1.165) is 37.9 Å². The molecule has 2 aromatic rings. The molecule has 3 rings (SSSR count). The third-order valence-corrected chi connectivity index (χ3v) is 3.80. The van der Waals surface area contributed by atoms with Crippen LogP contribution < -0.4 is 9.80 Å². The van der Waals surface area contributed by atoms with Gasteiger partial charge in [-0.3, -0.25) is 0 Å². The standard InChI is InChI=1S/C16H16F3N3/c17-16(18,19)15-7-6-14(12-20-15)22-10-8-21(9-11-22)13-4-2-1-3-5-13/h1-7,12H,8-11H2. The van der Waals surface area contributed by atoms with Crippen molar-refractivity contribution < 1.29 is 13.2 Å². The van der Waals surface area contributed by atoms with Crippen molar-refractivity contribution in [3.05, 3.63) is 54.4 Å². The van der Waals surface area contributed by atoms with E-state index in [9.17, 15) is 13.2 Å². The molecular weight excluding hydrogens is 291 g/mol. The van der Waals surface area contributed by atoms with Crippen LogP contribution >= 0.6 is 0 Å². The fraction of sp³-hybridized carbons (Fsp3) is 0.312. The summed E-state index contributed by atoms with van der Waals surface area (Å²) in [6.45, 7) is 3.21. The minimum atomic E-state index is -4.38. The van der Waals surface area contributed by atoms with E-state index in [0.29, 0.717) is 0 Å². The van der Waals surface area contributed by atoms with Crippen LogP contribution in [0.25, 0.3) is 0 Å². The zero-order valence-electron chi connectivity index (χ0n) is 11.9. The molecule has 0 unspecified atom stereocenters. The van der Waals surface area contributed by atoms with Gasteiger partial charge in [0.2, 0.25) is 0 Å². The topological polar surface area (TPSA) is 19.4 Å². The summed E-state index contributed by atoms with van der Waals surface area (Å²) < 4.78 is 37.6. The van der Waals surface area contributed by atoms with Crippen LogP contribution in [0.4, 0.5) is 24.5 Å². The van der Waals surface area contributed by atoms with Gasteiger partial charge in [-0.15, -0.1) is 0 Å². The fourth-order valence-electron chi connectivity index (χ4n) is 2.60. The Balaban J connectivity index is 1.64. The summed E-state index contributed by atoms with van der Waals surface area (Å²) in [4.78, 5) is 7.86. The highest BCUT2D eigenvalue weighted by Crippen LogP contribution is 2.28. The number of alkyl halides is 3. The molecule has 2 heterocycles. The second-order valence-electron chi connectivity index (χ2n) is 5.21. The van der Waals surface area contributed by atoms with Gasteiger partial charge in [-0.05, 0) is 24.3 Å². The van der Waals surface area contributed by atoms with Crippen molar-refractivity contribution >= 4 is 11.4 Å². The van der Waals surface area contributed by atoms with Gasteiger partial charge in [0.15, 0.2) is 0 Å². The van der Waals surface area contributed by atoms with Crippen LogP contribution in [0, 0.1) is 0 Å². The SMILES string of the molecule is FC(F)(F)c1ccc(N2CCN(c3ccccc3)CC2)cn1. The number of pyridine rings is 1. The predicted molar refractivity (Wildman–Crippen MR) is 80.1 cm³/mol. The van der Waals surface area contributed by atoms with Gasteiger partial charge in [0, 0.05) is 31.9 Å². The maximum absolute atomic E-state index is 12.5. The zero-order valence-corrected chi connectivity index (χ0v) is 11.9. The molecule has 0 saturated carbocycles. The van der Waals surface area contributed by atoms with Gasteiger partial charge in [-0.2, -0.15) is 13.2 Å². The molecule has 1 aromatic carbocycles. The van der Waals surface area contributed by atoms with Gasteiger partial charge in [0.25, 0.3) is 0 Å². The fourth-order valence-corrected chi connectivity index (χ4v) is 2.60. The number of benzene rings is 1. The van der Waals surface area contributed by atoms with Gasteiger partial charge in [0.05, 0.1) is 11.9 Å². The van der Waals surface area contributed by atoms with E-state index >= 15 is 0 Å². The Morgan fingerprint density at radius 3 is 1.86 bits per heavy atom. The van der Waals surface area contributed by atoms with Gasteiger partial charge in [0.1, 0.15) is 5.69 Å². The lowest BCUT2D eigenvalue weighted by Gasteiger charge is -2.37. The van der Waals surface area contributed by atoms with E-state index in [4.69, 9.17) is 0 Å². The van der Waals surface area contributed by atoms with E-state index in [1.54, 1.807) is 0 Å². The van der Waals surface area contributed by atoms with Crippen molar-refractivity contribution in [3.8, 4) is 0 Å². The molecule has 0 N–H and O–H groups in total. The third-order valence-electron chi connectivity index (χ3n) is 3.80. The highest BCUT2D eigenvalue weighted by atomic mass is 19.4. The van der Waals surface area contributed by atoms with E-state index < -0.39 is 11.9 Å². The highest BCUT2D eigenvalue weighted by Gasteiger charge is 2.32. The number of halogens is 3. The molecule has 0 atom stereocenters. The number of hydrogen-bond donors (Lipinski definition) is 0. The first-order chi connectivity index (χ1) is 10.5. The molecule has 0 amide bonds. The van der Waals surface area contributed by atoms with Crippen molar-refractivity contribution in [2.75, 3.05) is 36.0 Å². The zero-order chi connectivity index (χ0) is 15.6. The Labute approximate surface area is 127 Å². The van der Waals surface area contributed by atoms with Gasteiger partial charge < -0.3 is 9.80 Å². The lowest BCUT2D eigenvalue weighted by atomic mass is 10.2. The lowest BCUT2D eigenvalue weighted by molar-refractivity contribution is -0.141. The average Bonchev–Trinajstić information content (AvgIpc) is 2.55. The monoisotopic (exact) mass is 307 g/mol. The summed E-state index contributed by atoms with van der Waals surface area (Å²) in [5.41, 5.74) is 1.06. The number of para-hydroxylation sites is 1. The molecule has 22 heavy (non-hydrogen) atoms. The van der Waals surface area contributed by atoms with E-state index in [1.807, 2.05) is 18.2 Å². The molecule has 3 nitrogen and oxygen atoms in total. The van der Waals surface area contributed by atoms with Crippen LogP contribution in [-0.4, -0.2) is 31.2 Å². The Morgan fingerprint density at radius 1 is 0.773 bits per heavy atom. The molecule has 1 fully saturated rings. The van der Waals surface area contributed by atoms with Gasteiger partial charge >= 0.3 is 6.18 Å². The molecule has 1 aromatic heterocycles. The van der Waals surface area contributed by atoms with Crippen molar-refractivity contribution in [1.29, 1.82) is 0 Å². The molecule has 6 heteroatoms. The predicted octanol–water partition coefficient (Wildman–Crippen LogP) is 3.43. The molecule has 0 spiro atoms. The van der Waals surface area contributed by atoms with Crippen LogP contribution in [0.1, 0.15) is 5.69 Å². The number of anilines is 2. The minimum absolute atomic E-state index is 0.737. The second-order valence-corrected chi connectivity index (χ2v) is 5.21. The Bertz CT molecular complexity index is 603. The summed E-state index contributed by atoms with van der Waals surface area (Å²) in [7, 11) is 0. The Kier molecular flexibility index (Phi) is 3.92. The summed E-state index contributed by atoms with van der Waals surface area (Å²) in [5, 5.41) is 0. The number of piperazine rings is 1. The normalized spacial score (nSPS) is 16.0. The quantitative estimate of drug-likeness (QED) is 0.847. The van der Waals surface area contributed by atoms with Crippen molar-refractivity contribution in [1.82, 2.24) is 4.98 Å². The summed E-state index contributed by atoms with van der Waals surface area (Å²) in [5.74, 6) is 0. The Morgan fingerprint density at radius 2 is 1.36 bits per heavy atom. The van der Waals surface area contributed by atoms with Crippen molar-refractivity contribution in [2.24, 2.45) is 0 Å². The van der Waals surface area contributed by atoms with Crippen molar-refractivity contribution in [3.63, 3.8) is 0 Å². The number of rotatable bonds is 2. The molecule has 116 valence electrons. The molecule has 0 aliphatic carbocycles. The summed E-state index contributed by atoms with van der Waals surface area (Å²) >= 11 is 0. The maximum Gasteiger partial charge on any atom is 0.433 e. The molecule has 1 saturated heterocycles. The van der Waals surface area contributed by atoms with Gasteiger partial charge in [-0.25, -0.2) is 4.98 Å². The number of nitrogens with zero attached hydrogens (tertiary/aromatic N) is 3. The molecule has 0 bridgehead atoms. The Hall–Kier alpha value is -2.24. The summed E-state index contributed by atoms with van der Waals surface area (Å²) in [6, 6.07) is 12.6. The van der Waals surface area contributed by atoms with Crippen LogP contribution in [0.2, 0.25) is 0 Å². The highest BCUT2D eigenvalue weighted by molar-refractivity contribution is 5.51. The first-order valence-corrected chi connectivity index (χ1v) is 7.12. The maximum atomic E-state index is 12.5. The number of aromatic nitrogens is 1. The number of hydrogen-bond acceptors (Lipinski definition) is 3. The second kappa shape index (κ2) is 5.87. The van der Waals surface area contributed by atoms with E-state index in [2.05, 4.69) is 26.9 Å². The van der Waals surface area contributed by atoms with Gasteiger partial charge in [-0.1, -0.05) is 18.2 Å². The van der Waals surface area contributed by atoms with E-state index in [1.165, 1.54) is 18.0 Å². The average molecular weight is 307 g/mol. The largest absolute Gasteiger partial charge is 0.433 e. The first-order valence-electron chi connectivity index (χ1n) is 7.12. The first kappa shape index (κ1) is 14.7. The molecule has 0 radical (unpaired) electrons. The summed E-state index contributed by atoms with van der Waals surface area (Å²) in [6.07, 6.45) is -3.08. The molecule has 1 aliphatic heterocycles. The third kappa shape index (κ3) is 3.16. The van der Waals surface area contributed by atoms with Crippen LogP contribution in [0.5, 0.6) is 0 Å². The van der Waals surface area contributed by atoms with Crippen LogP contribution in [-0.2, 0) is 6.18 Å². The molecular formula is C16H16F3N3. The minimum Gasteiger partial charge on any atom is -0.368 e. The van der Waals surface area contributed by atoms with E-state index in [-0.39, 0.29) is 0 Å². The lowest BCUT2D eigenvalue weighted by Crippen LogP contribution is -2.46. The van der Waals surface area contributed by atoms with Crippen LogP contribution in [0.3, 0.4) is 0 Å². The van der Waals surface area contributed by atoms with Crippen molar-refractivity contribution in [2.45, 2.75) is 6.18 Å².